The minimum Gasteiger partial charge on any atom is -0.338 e. The summed E-state index contributed by atoms with van der Waals surface area (Å²) in [5.41, 5.74) is 5.08. The van der Waals surface area contributed by atoms with Crippen LogP contribution in [0, 0.1) is 0 Å². The largest absolute Gasteiger partial charge is 0.338 e. The highest BCUT2D eigenvalue weighted by molar-refractivity contribution is 5.84. The molecule has 2 heteroatoms. The maximum absolute atomic E-state index is 4.49. The number of hydrogen-bond acceptors (Lipinski definition) is 2. The molecule has 1 aliphatic rings. The van der Waals surface area contributed by atoms with Crippen LogP contribution in [0.5, 0.6) is 0 Å². The number of pyridine rings is 1. The van der Waals surface area contributed by atoms with Gasteiger partial charge in [-0.1, -0.05) is 30.3 Å². The zero-order chi connectivity index (χ0) is 14.2. The SMILES string of the molecule is C[C@H]1CCc2ccccc2N1c1ccc2cccnc2c1. The summed E-state index contributed by atoms with van der Waals surface area (Å²) in [7, 11) is 0. The summed E-state index contributed by atoms with van der Waals surface area (Å²) < 4.78 is 0. The van der Waals surface area contributed by atoms with E-state index in [1.54, 1.807) is 0 Å². The van der Waals surface area contributed by atoms with E-state index in [2.05, 4.69) is 65.3 Å². The predicted octanol–water partition coefficient (Wildman–Crippen LogP) is 4.71. The molecule has 1 aliphatic heterocycles. The van der Waals surface area contributed by atoms with Gasteiger partial charge in [-0.05, 0) is 49.6 Å². The second-order valence-electron chi connectivity index (χ2n) is 5.77. The van der Waals surface area contributed by atoms with Crippen molar-refractivity contribution in [3.8, 4) is 0 Å². The Morgan fingerprint density at radius 1 is 1.05 bits per heavy atom. The van der Waals surface area contributed by atoms with Crippen molar-refractivity contribution in [1.29, 1.82) is 0 Å². The molecule has 2 heterocycles. The number of rotatable bonds is 1. The Kier molecular flexibility index (Phi) is 2.88. The van der Waals surface area contributed by atoms with Gasteiger partial charge < -0.3 is 4.90 Å². The molecular weight excluding hydrogens is 256 g/mol. The molecule has 0 bridgehead atoms. The number of para-hydroxylation sites is 1. The molecule has 21 heavy (non-hydrogen) atoms. The Balaban J connectivity index is 1.87. The van der Waals surface area contributed by atoms with Crippen LogP contribution < -0.4 is 4.90 Å². The molecule has 0 N–H and O–H groups in total. The zero-order valence-electron chi connectivity index (χ0n) is 12.2. The summed E-state index contributed by atoms with van der Waals surface area (Å²) in [6.45, 7) is 2.30. The van der Waals surface area contributed by atoms with Crippen molar-refractivity contribution < 1.29 is 0 Å². The van der Waals surface area contributed by atoms with Gasteiger partial charge in [0.15, 0.2) is 0 Å². The summed E-state index contributed by atoms with van der Waals surface area (Å²) in [6, 6.07) is 19.9. The number of aryl methyl sites for hydroxylation is 1. The first-order valence-corrected chi connectivity index (χ1v) is 7.55. The van der Waals surface area contributed by atoms with E-state index in [4.69, 9.17) is 0 Å². The Hall–Kier alpha value is -2.35. The predicted molar refractivity (Wildman–Crippen MR) is 88.1 cm³/mol. The van der Waals surface area contributed by atoms with Crippen molar-refractivity contribution in [2.24, 2.45) is 0 Å². The first-order chi connectivity index (χ1) is 10.3. The molecule has 0 fully saturated rings. The third kappa shape index (κ3) is 2.07. The van der Waals surface area contributed by atoms with Gasteiger partial charge >= 0.3 is 0 Å². The topological polar surface area (TPSA) is 16.1 Å². The van der Waals surface area contributed by atoms with Gasteiger partial charge in [-0.15, -0.1) is 0 Å². The van der Waals surface area contributed by atoms with E-state index in [1.807, 2.05) is 12.3 Å². The molecule has 2 nitrogen and oxygen atoms in total. The average Bonchev–Trinajstić information content (AvgIpc) is 2.54. The lowest BCUT2D eigenvalue weighted by atomic mass is 9.96. The van der Waals surface area contributed by atoms with Crippen molar-refractivity contribution >= 4 is 22.3 Å². The summed E-state index contributed by atoms with van der Waals surface area (Å²) in [5, 5.41) is 1.19. The van der Waals surface area contributed by atoms with Crippen LogP contribution in [0.1, 0.15) is 18.9 Å². The maximum atomic E-state index is 4.49. The number of benzene rings is 2. The molecule has 104 valence electrons. The minimum atomic E-state index is 0.515. The number of aromatic nitrogens is 1. The highest BCUT2D eigenvalue weighted by Crippen LogP contribution is 2.37. The molecule has 3 aromatic rings. The van der Waals surface area contributed by atoms with Gasteiger partial charge in [-0.2, -0.15) is 0 Å². The molecule has 1 aromatic heterocycles. The molecule has 0 radical (unpaired) electrons. The van der Waals surface area contributed by atoms with E-state index >= 15 is 0 Å². The Morgan fingerprint density at radius 2 is 1.95 bits per heavy atom. The first-order valence-electron chi connectivity index (χ1n) is 7.55. The van der Waals surface area contributed by atoms with Crippen molar-refractivity contribution in [3.63, 3.8) is 0 Å². The van der Waals surface area contributed by atoms with E-state index in [9.17, 15) is 0 Å². The molecule has 0 unspecified atom stereocenters. The molecule has 1 atom stereocenters. The summed E-state index contributed by atoms with van der Waals surface area (Å²) in [4.78, 5) is 6.94. The Labute approximate surface area is 125 Å². The van der Waals surface area contributed by atoms with Crippen LogP contribution >= 0.6 is 0 Å². The first kappa shape index (κ1) is 12.4. The number of fused-ring (bicyclic) bond motifs is 2. The highest BCUT2D eigenvalue weighted by atomic mass is 15.2. The minimum absolute atomic E-state index is 0.515. The van der Waals surface area contributed by atoms with Gasteiger partial charge in [0.05, 0.1) is 5.52 Å². The standard InChI is InChI=1S/C19H18N2/c1-14-8-9-16-5-2-3-7-19(16)21(14)17-11-10-15-6-4-12-20-18(15)13-17/h2-7,10-14H,8-9H2,1H3/t14-/m0/s1. The molecule has 0 saturated carbocycles. The fourth-order valence-corrected chi connectivity index (χ4v) is 3.29. The van der Waals surface area contributed by atoms with Gasteiger partial charge in [0.25, 0.3) is 0 Å². The number of anilines is 2. The van der Waals surface area contributed by atoms with Crippen LogP contribution in [0.2, 0.25) is 0 Å². The van der Waals surface area contributed by atoms with Crippen LogP contribution in [0.3, 0.4) is 0 Å². The monoisotopic (exact) mass is 274 g/mol. The third-order valence-electron chi connectivity index (χ3n) is 4.39. The lowest BCUT2D eigenvalue weighted by Gasteiger charge is -2.37. The maximum Gasteiger partial charge on any atom is 0.0722 e. The molecule has 0 aliphatic carbocycles. The quantitative estimate of drug-likeness (QED) is 0.639. The molecule has 2 aromatic carbocycles. The van der Waals surface area contributed by atoms with Crippen LogP contribution in [0.15, 0.2) is 60.8 Å². The van der Waals surface area contributed by atoms with E-state index < -0.39 is 0 Å². The summed E-state index contributed by atoms with van der Waals surface area (Å²) in [5.74, 6) is 0. The average molecular weight is 274 g/mol. The van der Waals surface area contributed by atoms with E-state index in [1.165, 1.54) is 35.2 Å². The Morgan fingerprint density at radius 3 is 2.90 bits per heavy atom. The fourth-order valence-electron chi connectivity index (χ4n) is 3.29. The lowest BCUT2D eigenvalue weighted by Crippen LogP contribution is -2.33. The van der Waals surface area contributed by atoms with Crippen molar-refractivity contribution in [2.45, 2.75) is 25.8 Å². The van der Waals surface area contributed by atoms with Gasteiger partial charge in [-0.25, -0.2) is 0 Å². The zero-order valence-corrected chi connectivity index (χ0v) is 12.2. The number of hydrogen-bond donors (Lipinski definition) is 0. The van der Waals surface area contributed by atoms with Gasteiger partial charge in [0.1, 0.15) is 0 Å². The van der Waals surface area contributed by atoms with Gasteiger partial charge in [0.2, 0.25) is 0 Å². The van der Waals surface area contributed by atoms with Crippen LogP contribution in [-0.4, -0.2) is 11.0 Å². The lowest BCUT2D eigenvalue weighted by molar-refractivity contribution is 0.618. The van der Waals surface area contributed by atoms with Crippen molar-refractivity contribution in [3.05, 3.63) is 66.4 Å². The molecular formula is C19H18N2. The summed E-state index contributed by atoms with van der Waals surface area (Å²) >= 11 is 0. The van der Waals surface area contributed by atoms with Crippen LogP contribution in [0.4, 0.5) is 11.4 Å². The van der Waals surface area contributed by atoms with Crippen molar-refractivity contribution in [1.82, 2.24) is 4.98 Å². The van der Waals surface area contributed by atoms with E-state index in [0.717, 1.165) is 5.52 Å². The van der Waals surface area contributed by atoms with Crippen LogP contribution in [0.25, 0.3) is 10.9 Å². The number of nitrogens with zero attached hydrogens (tertiary/aromatic N) is 2. The second-order valence-corrected chi connectivity index (χ2v) is 5.77. The highest BCUT2D eigenvalue weighted by Gasteiger charge is 2.24. The second kappa shape index (κ2) is 4.88. The molecule has 0 saturated heterocycles. The molecule has 4 rings (SSSR count). The molecule has 0 spiro atoms. The normalized spacial score (nSPS) is 17.8. The third-order valence-corrected chi connectivity index (χ3v) is 4.39. The van der Waals surface area contributed by atoms with E-state index in [-0.39, 0.29) is 0 Å². The molecule has 0 amide bonds. The van der Waals surface area contributed by atoms with Crippen molar-refractivity contribution in [2.75, 3.05) is 4.90 Å². The van der Waals surface area contributed by atoms with E-state index in [0.29, 0.717) is 6.04 Å². The smallest absolute Gasteiger partial charge is 0.0722 e. The Bertz CT molecular complexity index is 794. The van der Waals surface area contributed by atoms with Crippen LogP contribution in [-0.2, 0) is 6.42 Å². The fraction of sp³-hybridized carbons (Fsp3) is 0.211. The van der Waals surface area contributed by atoms with Gasteiger partial charge in [-0.3, -0.25) is 4.98 Å². The van der Waals surface area contributed by atoms with Gasteiger partial charge in [0, 0.05) is 29.0 Å². The summed E-state index contributed by atoms with van der Waals surface area (Å²) in [6.07, 6.45) is 4.22.